The highest BCUT2D eigenvalue weighted by Crippen LogP contribution is 2.25. The zero-order valence-corrected chi connectivity index (χ0v) is 15.8. The summed E-state index contributed by atoms with van der Waals surface area (Å²) >= 11 is 11.9. The number of rotatable bonds is 7. The van der Waals surface area contributed by atoms with E-state index in [0.29, 0.717) is 34.3 Å². The largest absolute Gasteiger partial charge is 0.324 e. The summed E-state index contributed by atoms with van der Waals surface area (Å²) in [7, 11) is 0. The number of halogens is 2. The third-order valence-electron chi connectivity index (χ3n) is 3.47. The van der Waals surface area contributed by atoms with Crippen molar-refractivity contribution in [2.75, 3.05) is 5.32 Å². The Hall–Kier alpha value is -2.37. The van der Waals surface area contributed by atoms with Crippen molar-refractivity contribution in [2.45, 2.75) is 26.2 Å². The van der Waals surface area contributed by atoms with Gasteiger partial charge < -0.3 is 5.32 Å². The van der Waals surface area contributed by atoms with Crippen LogP contribution in [0.4, 0.5) is 5.69 Å². The fourth-order valence-corrected chi connectivity index (χ4v) is 2.51. The molecule has 0 unspecified atom stereocenters. The Balaban J connectivity index is 1.78. The maximum Gasteiger partial charge on any atom is 0.240 e. The second-order valence-corrected chi connectivity index (χ2v) is 6.56. The summed E-state index contributed by atoms with van der Waals surface area (Å²) in [4.78, 5) is 23.9. The number of hydrogen-bond acceptors (Lipinski definition) is 3. The molecule has 7 heteroatoms. The minimum atomic E-state index is -0.297. The highest BCUT2D eigenvalue weighted by atomic mass is 35.5. The lowest BCUT2D eigenvalue weighted by molar-refractivity contribution is -0.121. The van der Waals surface area contributed by atoms with Gasteiger partial charge in [0.05, 0.1) is 17.1 Å². The summed E-state index contributed by atoms with van der Waals surface area (Å²) in [6, 6.07) is 14.5. The van der Waals surface area contributed by atoms with Crippen LogP contribution in [0.15, 0.2) is 53.6 Å². The van der Waals surface area contributed by atoms with E-state index in [9.17, 15) is 9.59 Å². The van der Waals surface area contributed by atoms with Gasteiger partial charge >= 0.3 is 0 Å². The molecule has 0 atom stereocenters. The van der Waals surface area contributed by atoms with Gasteiger partial charge in [-0.15, -0.1) is 0 Å². The molecule has 0 radical (unpaired) electrons. The van der Waals surface area contributed by atoms with Crippen molar-refractivity contribution in [3.05, 3.63) is 64.1 Å². The van der Waals surface area contributed by atoms with Crippen molar-refractivity contribution >= 4 is 46.4 Å². The van der Waals surface area contributed by atoms with Crippen LogP contribution in [-0.2, 0) is 16.0 Å². The van der Waals surface area contributed by atoms with Gasteiger partial charge in [0, 0.05) is 17.2 Å². The third kappa shape index (κ3) is 6.86. The fraction of sp³-hybridized carbons (Fsp3) is 0.211. The number of carbonyl (C=O) groups is 2. The Kier molecular flexibility index (Phi) is 7.63. The summed E-state index contributed by atoms with van der Waals surface area (Å²) < 4.78 is 0. The lowest BCUT2D eigenvalue weighted by Crippen LogP contribution is -2.21. The standard InChI is InChI=1S/C19H19Cl2N3O2/c1-13(11-19(26)22-17-12-15(20)8-9-16(17)21)23-24-18(25)10-7-14-5-3-2-4-6-14/h2-6,8-9,12H,7,10-11H2,1H3,(H,22,26)(H,24,25)/b23-13+. The first-order chi connectivity index (χ1) is 12.4. The van der Waals surface area contributed by atoms with E-state index in [4.69, 9.17) is 23.2 Å². The number of benzene rings is 2. The van der Waals surface area contributed by atoms with E-state index in [-0.39, 0.29) is 18.2 Å². The number of nitrogens with zero attached hydrogens (tertiary/aromatic N) is 1. The van der Waals surface area contributed by atoms with Crippen molar-refractivity contribution in [1.82, 2.24) is 5.43 Å². The van der Waals surface area contributed by atoms with E-state index < -0.39 is 0 Å². The molecule has 0 aromatic heterocycles. The second-order valence-electron chi connectivity index (χ2n) is 5.72. The minimum absolute atomic E-state index is 0.0296. The van der Waals surface area contributed by atoms with Crippen molar-refractivity contribution in [2.24, 2.45) is 5.10 Å². The van der Waals surface area contributed by atoms with Gasteiger partial charge in [-0.25, -0.2) is 5.43 Å². The molecule has 0 aliphatic rings. The fourth-order valence-electron chi connectivity index (χ4n) is 2.18. The topological polar surface area (TPSA) is 70.6 Å². The number of hydrogen-bond donors (Lipinski definition) is 2. The Morgan fingerprint density at radius 3 is 2.50 bits per heavy atom. The van der Waals surface area contributed by atoms with Crippen molar-refractivity contribution in [3.8, 4) is 0 Å². The molecular formula is C19H19Cl2N3O2. The van der Waals surface area contributed by atoms with Gasteiger partial charge in [0.15, 0.2) is 0 Å². The van der Waals surface area contributed by atoms with Crippen molar-refractivity contribution < 1.29 is 9.59 Å². The molecule has 0 saturated carbocycles. The van der Waals surface area contributed by atoms with Gasteiger partial charge in [0.25, 0.3) is 0 Å². The molecule has 2 rings (SSSR count). The highest BCUT2D eigenvalue weighted by Gasteiger charge is 2.09. The molecule has 2 N–H and O–H groups in total. The molecule has 26 heavy (non-hydrogen) atoms. The van der Waals surface area contributed by atoms with Gasteiger partial charge in [-0.05, 0) is 37.1 Å². The first-order valence-corrected chi connectivity index (χ1v) is 8.80. The molecule has 0 bridgehead atoms. The number of carbonyl (C=O) groups excluding carboxylic acids is 2. The Morgan fingerprint density at radius 1 is 1.04 bits per heavy atom. The predicted octanol–water partition coefficient (Wildman–Crippen LogP) is 4.45. The molecular weight excluding hydrogens is 373 g/mol. The molecule has 0 aliphatic heterocycles. The van der Waals surface area contributed by atoms with Gasteiger partial charge in [-0.2, -0.15) is 5.10 Å². The number of nitrogens with one attached hydrogen (secondary N) is 2. The van der Waals surface area contributed by atoms with Crippen LogP contribution in [0, 0.1) is 0 Å². The smallest absolute Gasteiger partial charge is 0.240 e. The quantitative estimate of drug-likeness (QED) is 0.540. The maximum absolute atomic E-state index is 12.0. The molecule has 0 heterocycles. The third-order valence-corrected chi connectivity index (χ3v) is 4.04. The molecule has 0 aliphatic carbocycles. The SMILES string of the molecule is C/C(CC(=O)Nc1cc(Cl)ccc1Cl)=N\NC(=O)CCc1ccccc1. The monoisotopic (exact) mass is 391 g/mol. The average molecular weight is 392 g/mol. The molecule has 2 amide bonds. The molecule has 5 nitrogen and oxygen atoms in total. The second kappa shape index (κ2) is 9.94. The zero-order chi connectivity index (χ0) is 18.9. The van der Waals surface area contributed by atoms with Gasteiger partial charge in [0.2, 0.25) is 11.8 Å². The lowest BCUT2D eigenvalue weighted by atomic mass is 10.1. The molecule has 2 aromatic rings. The molecule has 2 aromatic carbocycles. The van der Waals surface area contributed by atoms with Crippen LogP contribution in [-0.4, -0.2) is 17.5 Å². The van der Waals surface area contributed by atoms with E-state index in [1.807, 2.05) is 30.3 Å². The highest BCUT2D eigenvalue weighted by molar-refractivity contribution is 6.35. The van der Waals surface area contributed by atoms with Crippen LogP contribution in [0.5, 0.6) is 0 Å². The van der Waals surface area contributed by atoms with E-state index >= 15 is 0 Å². The summed E-state index contributed by atoms with van der Waals surface area (Å²) in [5.74, 6) is -0.500. The van der Waals surface area contributed by atoms with E-state index in [2.05, 4.69) is 15.8 Å². The first kappa shape index (κ1) is 19.9. The van der Waals surface area contributed by atoms with Gasteiger partial charge in [-0.1, -0.05) is 53.5 Å². The van der Waals surface area contributed by atoms with Crippen molar-refractivity contribution in [1.29, 1.82) is 0 Å². The summed E-state index contributed by atoms with van der Waals surface area (Å²) in [5, 5.41) is 7.49. The molecule has 0 fully saturated rings. The van der Waals surface area contributed by atoms with Crippen LogP contribution in [0.2, 0.25) is 10.0 Å². The van der Waals surface area contributed by atoms with Crippen LogP contribution in [0.3, 0.4) is 0 Å². The van der Waals surface area contributed by atoms with Gasteiger partial charge in [-0.3, -0.25) is 9.59 Å². The lowest BCUT2D eigenvalue weighted by Gasteiger charge is -2.08. The van der Waals surface area contributed by atoms with Crippen LogP contribution in [0.1, 0.15) is 25.3 Å². The normalized spacial score (nSPS) is 11.1. The number of anilines is 1. The predicted molar refractivity (Wildman–Crippen MR) is 106 cm³/mol. The average Bonchev–Trinajstić information content (AvgIpc) is 2.62. The summed E-state index contributed by atoms with van der Waals surface area (Å²) in [6.07, 6.45) is 0.988. The van der Waals surface area contributed by atoms with Crippen LogP contribution in [0.25, 0.3) is 0 Å². The Labute approximate surface area is 162 Å². The number of hydrazone groups is 1. The van der Waals surface area contributed by atoms with Crippen LogP contribution < -0.4 is 10.7 Å². The van der Waals surface area contributed by atoms with Gasteiger partial charge in [0.1, 0.15) is 0 Å². The zero-order valence-electron chi connectivity index (χ0n) is 14.3. The number of aryl methyl sites for hydroxylation is 1. The van der Waals surface area contributed by atoms with E-state index in [1.165, 1.54) is 0 Å². The molecule has 0 saturated heterocycles. The molecule has 0 spiro atoms. The Morgan fingerprint density at radius 2 is 1.77 bits per heavy atom. The number of amides is 2. The minimum Gasteiger partial charge on any atom is -0.324 e. The van der Waals surface area contributed by atoms with Crippen LogP contribution >= 0.6 is 23.2 Å². The first-order valence-electron chi connectivity index (χ1n) is 8.05. The summed E-state index contributed by atoms with van der Waals surface area (Å²) in [6.45, 7) is 1.66. The van der Waals surface area contributed by atoms with E-state index in [1.54, 1.807) is 25.1 Å². The maximum atomic E-state index is 12.0. The van der Waals surface area contributed by atoms with Crippen molar-refractivity contribution in [3.63, 3.8) is 0 Å². The molecule has 136 valence electrons. The van der Waals surface area contributed by atoms with E-state index in [0.717, 1.165) is 5.56 Å². The summed E-state index contributed by atoms with van der Waals surface area (Å²) in [5.41, 5.74) is 4.46. The Bertz CT molecular complexity index is 808.